The van der Waals surface area contributed by atoms with Gasteiger partial charge in [-0.05, 0) is 17.4 Å². The first-order valence-corrected chi connectivity index (χ1v) is 6.46. The van der Waals surface area contributed by atoms with E-state index in [0.29, 0.717) is 11.9 Å². The smallest absolute Gasteiger partial charge is 0.267 e. The van der Waals surface area contributed by atoms with Gasteiger partial charge < -0.3 is 4.74 Å². The molecule has 4 heteroatoms. The van der Waals surface area contributed by atoms with Crippen molar-refractivity contribution in [1.82, 2.24) is 0 Å². The molecule has 2 rings (SSSR count). The topological polar surface area (TPSA) is 33.0 Å². The second-order valence-electron chi connectivity index (χ2n) is 4.18. The first kappa shape index (κ1) is 14.7. The fraction of sp³-hybridized carbons (Fsp3) is 0.500. The number of ether oxygens (including phenoxy) is 1. The van der Waals surface area contributed by atoms with Crippen LogP contribution in [0.4, 0.5) is 4.39 Å². The van der Waals surface area contributed by atoms with Crippen molar-refractivity contribution in [1.29, 1.82) is 5.26 Å². The highest BCUT2D eigenvalue weighted by Crippen LogP contribution is 2.36. The normalized spacial score (nSPS) is 21.1. The Labute approximate surface area is 109 Å². The Morgan fingerprint density at radius 3 is 2.61 bits per heavy atom. The van der Waals surface area contributed by atoms with Gasteiger partial charge in [0, 0.05) is 5.97 Å². The fourth-order valence-electron chi connectivity index (χ4n) is 2.04. The number of benzene rings is 1. The Hall–Kier alpha value is -1.34. The van der Waals surface area contributed by atoms with E-state index in [4.69, 9.17) is 10.00 Å². The molecule has 96 valence electrons. The first-order valence-electron chi connectivity index (χ1n) is 6.46. The Kier molecular flexibility index (Phi) is 5.87. The van der Waals surface area contributed by atoms with Gasteiger partial charge in [-0.15, -0.1) is 0 Å². The van der Waals surface area contributed by atoms with Crippen LogP contribution in [0.5, 0.6) is 0 Å². The maximum absolute atomic E-state index is 13.6. The van der Waals surface area contributed by atoms with Gasteiger partial charge in [0.25, 0.3) is 6.71 Å². The van der Waals surface area contributed by atoms with E-state index in [1.807, 2.05) is 38.9 Å². The van der Waals surface area contributed by atoms with Crippen LogP contribution in [0.3, 0.4) is 0 Å². The molecule has 2 atom stereocenters. The number of hydrogen-bond donors (Lipinski definition) is 0. The number of nitrogens with zero attached hydrogens (tertiary/aromatic N) is 1. The molecule has 0 saturated carbocycles. The van der Waals surface area contributed by atoms with Crippen LogP contribution >= 0.6 is 0 Å². The van der Waals surface area contributed by atoms with E-state index in [0.717, 1.165) is 5.56 Å². The zero-order valence-electron chi connectivity index (χ0n) is 11.2. The van der Waals surface area contributed by atoms with E-state index in [9.17, 15) is 4.39 Å². The highest BCUT2D eigenvalue weighted by atomic mass is 19.1. The van der Waals surface area contributed by atoms with Crippen molar-refractivity contribution in [2.45, 2.75) is 39.3 Å². The number of alkyl halides is 1. The van der Waals surface area contributed by atoms with E-state index in [2.05, 4.69) is 5.97 Å². The molecule has 1 aliphatic rings. The molecule has 0 saturated heterocycles. The zero-order chi connectivity index (χ0) is 13.5. The summed E-state index contributed by atoms with van der Waals surface area (Å²) in [6.07, 6.45) is -0.553. The van der Waals surface area contributed by atoms with Crippen LogP contribution in [-0.4, -0.2) is 13.3 Å². The van der Waals surface area contributed by atoms with Crippen molar-refractivity contribution >= 4 is 6.71 Å². The minimum atomic E-state index is -1.04. The van der Waals surface area contributed by atoms with Gasteiger partial charge in [-0.1, -0.05) is 44.9 Å². The van der Waals surface area contributed by atoms with Gasteiger partial charge >= 0.3 is 0 Å². The van der Waals surface area contributed by atoms with Crippen molar-refractivity contribution in [3.8, 4) is 5.97 Å². The highest BCUT2D eigenvalue weighted by molar-refractivity contribution is 6.65. The summed E-state index contributed by atoms with van der Waals surface area (Å²) in [6, 6.07) is 7.40. The molecule has 18 heavy (non-hydrogen) atoms. The van der Waals surface area contributed by atoms with E-state index in [1.165, 1.54) is 0 Å². The van der Waals surface area contributed by atoms with Gasteiger partial charge in [0.05, 0.1) is 12.7 Å². The Morgan fingerprint density at radius 2 is 2.00 bits per heavy atom. The molecule has 2 nitrogen and oxygen atoms in total. The Morgan fingerprint density at radius 1 is 1.39 bits per heavy atom. The van der Waals surface area contributed by atoms with Crippen molar-refractivity contribution < 1.29 is 9.13 Å². The number of hydrogen-bond acceptors (Lipinski definition) is 2. The molecule has 0 N–H and O–H groups in total. The summed E-state index contributed by atoms with van der Waals surface area (Å²) < 4.78 is 19.0. The van der Waals surface area contributed by atoms with E-state index in [1.54, 1.807) is 6.07 Å². The lowest BCUT2D eigenvalue weighted by molar-refractivity contribution is 0.00901. The summed E-state index contributed by atoms with van der Waals surface area (Å²) in [6.45, 7) is 5.88. The lowest BCUT2D eigenvalue weighted by Crippen LogP contribution is -2.22. The minimum Gasteiger partial charge on any atom is -0.371 e. The van der Waals surface area contributed by atoms with Crippen LogP contribution in [0.1, 0.15) is 37.3 Å². The second kappa shape index (κ2) is 7.18. The van der Waals surface area contributed by atoms with Crippen molar-refractivity contribution in [3.05, 3.63) is 35.4 Å². The average molecular weight is 247 g/mol. The molecule has 0 fully saturated rings. The summed E-state index contributed by atoms with van der Waals surface area (Å²) in [4.78, 5) is 0. The molecule has 0 radical (unpaired) electrons. The molecule has 0 amide bonds. The summed E-state index contributed by atoms with van der Waals surface area (Å²) in [5, 5.41) is 8.79. The van der Waals surface area contributed by atoms with E-state index < -0.39 is 6.17 Å². The predicted octanol–water partition coefficient (Wildman–Crippen LogP) is 3.98. The maximum atomic E-state index is 13.6. The van der Waals surface area contributed by atoms with E-state index in [-0.39, 0.29) is 19.4 Å². The number of fused-ring (bicyclic) bond motifs is 1. The predicted molar refractivity (Wildman–Crippen MR) is 72.4 cm³/mol. The summed E-state index contributed by atoms with van der Waals surface area (Å²) in [7, 11) is 0. The van der Waals surface area contributed by atoms with Crippen LogP contribution in [0, 0.1) is 11.2 Å². The standard InChI is InChI=1S/C12H13BFNO.C2H6/c1-13(8-15)6-12-10-5-3-2-4-9(10)11(14)7-16-12;1-2/h2-5,11-12H,6-7H2,1H3;1-2H3. The zero-order valence-corrected chi connectivity index (χ0v) is 11.2. The van der Waals surface area contributed by atoms with Crippen LogP contribution in [-0.2, 0) is 4.74 Å². The highest BCUT2D eigenvalue weighted by Gasteiger charge is 2.29. The van der Waals surface area contributed by atoms with E-state index >= 15 is 0 Å². The third-order valence-electron chi connectivity index (χ3n) is 2.91. The summed E-state index contributed by atoms with van der Waals surface area (Å²) in [5.41, 5.74) is 1.60. The van der Waals surface area contributed by atoms with Gasteiger partial charge in [0.1, 0.15) is 6.17 Å². The van der Waals surface area contributed by atoms with Crippen LogP contribution in [0.25, 0.3) is 0 Å². The molecule has 2 unspecified atom stereocenters. The maximum Gasteiger partial charge on any atom is 0.267 e. The van der Waals surface area contributed by atoms with Crippen LogP contribution < -0.4 is 0 Å². The fourth-order valence-corrected chi connectivity index (χ4v) is 2.04. The largest absolute Gasteiger partial charge is 0.371 e. The van der Waals surface area contributed by atoms with Gasteiger partial charge in [0.2, 0.25) is 0 Å². The lowest BCUT2D eigenvalue weighted by Gasteiger charge is -2.28. The van der Waals surface area contributed by atoms with Crippen molar-refractivity contribution in [2.24, 2.45) is 0 Å². The number of rotatable bonds is 2. The Bertz CT molecular complexity index is 419. The second-order valence-corrected chi connectivity index (χ2v) is 4.18. The molecule has 1 aromatic rings. The SMILES string of the molecule is CB(C#N)CC1OCC(F)c2ccccc21.CC. The van der Waals surface area contributed by atoms with Crippen LogP contribution in [0.15, 0.2) is 24.3 Å². The van der Waals surface area contributed by atoms with Gasteiger partial charge in [-0.3, -0.25) is 0 Å². The molecule has 0 bridgehead atoms. The monoisotopic (exact) mass is 247 g/mol. The quantitative estimate of drug-likeness (QED) is 0.740. The molecule has 1 heterocycles. The molecule has 0 aliphatic carbocycles. The molecule has 0 aromatic heterocycles. The molecular weight excluding hydrogens is 228 g/mol. The molecule has 1 aromatic carbocycles. The van der Waals surface area contributed by atoms with Crippen LogP contribution in [0.2, 0.25) is 13.1 Å². The third-order valence-corrected chi connectivity index (χ3v) is 2.91. The number of nitriles is 1. The molecule has 0 spiro atoms. The van der Waals surface area contributed by atoms with Crippen molar-refractivity contribution in [2.75, 3.05) is 6.61 Å². The minimum absolute atomic E-state index is 0.0748. The summed E-state index contributed by atoms with van der Waals surface area (Å²) in [5.74, 6) is 2.18. The molecular formula is C14H19BFNO. The summed E-state index contributed by atoms with van der Waals surface area (Å²) >= 11 is 0. The number of halogens is 1. The molecule has 1 aliphatic heterocycles. The third kappa shape index (κ3) is 3.33. The van der Waals surface area contributed by atoms with Gasteiger partial charge in [-0.2, -0.15) is 0 Å². The first-order chi connectivity index (χ1) is 8.72. The Balaban J connectivity index is 0.000000771. The van der Waals surface area contributed by atoms with Gasteiger partial charge in [0.15, 0.2) is 0 Å². The van der Waals surface area contributed by atoms with Crippen molar-refractivity contribution in [3.63, 3.8) is 0 Å². The van der Waals surface area contributed by atoms with Gasteiger partial charge in [-0.25, -0.2) is 9.65 Å². The average Bonchev–Trinajstić information content (AvgIpc) is 2.44. The lowest BCUT2D eigenvalue weighted by atomic mass is 9.49.